The molecule has 0 aliphatic carbocycles. The van der Waals surface area contributed by atoms with Gasteiger partial charge in [-0.3, -0.25) is 0 Å². The van der Waals surface area contributed by atoms with Crippen molar-refractivity contribution in [2.24, 2.45) is 0 Å². The van der Waals surface area contributed by atoms with Crippen LogP contribution in [0.4, 0.5) is 18.9 Å². The summed E-state index contributed by atoms with van der Waals surface area (Å²) in [7, 11) is 0. The van der Waals surface area contributed by atoms with Crippen molar-refractivity contribution in [1.82, 2.24) is 0 Å². The van der Waals surface area contributed by atoms with Gasteiger partial charge in [-0.25, -0.2) is 0 Å². The van der Waals surface area contributed by atoms with E-state index in [4.69, 9.17) is 22.1 Å². The molecule has 2 aromatic carbocycles. The first-order chi connectivity index (χ1) is 9.36. The van der Waals surface area contributed by atoms with Crippen LogP contribution in [0.2, 0.25) is 5.02 Å². The van der Waals surface area contributed by atoms with E-state index < -0.39 is 11.7 Å². The Hall–Kier alpha value is -1.88. The minimum absolute atomic E-state index is 0.0468. The number of ether oxygens (including phenoxy) is 1. The van der Waals surface area contributed by atoms with E-state index in [1.165, 1.54) is 12.1 Å². The lowest BCUT2D eigenvalue weighted by atomic mass is 10.2. The summed E-state index contributed by atoms with van der Waals surface area (Å²) in [5.41, 5.74) is 5.98. The predicted octanol–water partition coefficient (Wildman–Crippen LogP) is 4.52. The summed E-state index contributed by atoms with van der Waals surface area (Å²) in [6, 6.07) is 9.54. The van der Waals surface area contributed by atoms with Crippen molar-refractivity contribution in [3.8, 4) is 5.75 Å². The fraction of sp³-hybridized carbons (Fsp3) is 0.143. The first-order valence-corrected chi connectivity index (χ1v) is 6.08. The standard InChI is InChI=1S/C14H11ClF3NO/c15-13-5-4-11(19)6-9(13)8-20-12-3-1-2-10(7-12)14(16,17)18/h1-7H,8,19H2. The van der Waals surface area contributed by atoms with Gasteiger partial charge in [-0.1, -0.05) is 17.7 Å². The Morgan fingerprint density at radius 1 is 1.10 bits per heavy atom. The monoisotopic (exact) mass is 301 g/mol. The molecule has 0 bridgehead atoms. The number of anilines is 1. The summed E-state index contributed by atoms with van der Waals surface area (Å²) in [5, 5.41) is 0.450. The van der Waals surface area contributed by atoms with Crippen molar-refractivity contribution in [2.75, 3.05) is 5.73 Å². The molecule has 20 heavy (non-hydrogen) atoms. The molecule has 0 atom stereocenters. The van der Waals surface area contributed by atoms with Crippen LogP contribution in [0.1, 0.15) is 11.1 Å². The molecule has 0 unspecified atom stereocenters. The number of hydrogen-bond donors (Lipinski definition) is 1. The van der Waals surface area contributed by atoms with Gasteiger partial charge in [-0.2, -0.15) is 13.2 Å². The van der Waals surface area contributed by atoms with Crippen LogP contribution in [0.25, 0.3) is 0 Å². The van der Waals surface area contributed by atoms with Crippen molar-refractivity contribution >= 4 is 17.3 Å². The second-order valence-electron chi connectivity index (χ2n) is 4.17. The van der Waals surface area contributed by atoms with Crippen molar-refractivity contribution in [3.63, 3.8) is 0 Å². The third-order valence-electron chi connectivity index (χ3n) is 2.63. The lowest BCUT2D eigenvalue weighted by Gasteiger charge is -2.11. The topological polar surface area (TPSA) is 35.2 Å². The molecule has 0 aromatic heterocycles. The molecule has 0 fully saturated rings. The quantitative estimate of drug-likeness (QED) is 0.846. The van der Waals surface area contributed by atoms with Gasteiger partial charge in [0.15, 0.2) is 0 Å². The molecule has 0 radical (unpaired) electrons. The van der Waals surface area contributed by atoms with E-state index in [0.29, 0.717) is 16.3 Å². The lowest BCUT2D eigenvalue weighted by Crippen LogP contribution is -2.05. The van der Waals surface area contributed by atoms with Crippen LogP contribution < -0.4 is 10.5 Å². The highest BCUT2D eigenvalue weighted by molar-refractivity contribution is 6.31. The zero-order chi connectivity index (χ0) is 14.8. The maximum absolute atomic E-state index is 12.6. The zero-order valence-corrected chi connectivity index (χ0v) is 11.0. The van der Waals surface area contributed by atoms with Crippen molar-refractivity contribution < 1.29 is 17.9 Å². The van der Waals surface area contributed by atoms with Crippen LogP contribution in [-0.2, 0) is 12.8 Å². The van der Waals surface area contributed by atoms with Gasteiger partial charge in [0.1, 0.15) is 12.4 Å². The fourth-order valence-corrected chi connectivity index (χ4v) is 1.80. The number of nitrogen functional groups attached to an aromatic ring is 1. The molecule has 0 amide bonds. The average Bonchev–Trinajstić information content (AvgIpc) is 2.39. The molecular formula is C14H11ClF3NO. The Morgan fingerprint density at radius 3 is 2.55 bits per heavy atom. The molecule has 0 aliphatic heterocycles. The molecule has 0 spiro atoms. The first kappa shape index (κ1) is 14.5. The molecule has 0 saturated heterocycles. The number of nitrogens with two attached hydrogens (primary N) is 1. The minimum atomic E-state index is -4.39. The lowest BCUT2D eigenvalue weighted by molar-refractivity contribution is -0.137. The second kappa shape index (κ2) is 5.63. The Labute approximate surface area is 118 Å². The summed E-state index contributed by atoms with van der Waals surface area (Å²) in [5.74, 6) is 0.123. The molecule has 2 aromatic rings. The Bertz CT molecular complexity index is 614. The third kappa shape index (κ3) is 3.57. The Balaban J connectivity index is 2.13. The van der Waals surface area contributed by atoms with E-state index in [2.05, 4.69) is 0 Å². The zero-order valence-electron chi connectivity index (χ0n) is 10.2. The Morgan fingerprint density at radius 2 is 1.85 bits per heavy atom. The highest BCUT2D eigenvalue weighted by atomic mass is 35.5. The van der Waals surface area contributed by atoms with Crippen LogP contribution in [0.15, 0.2) is 42.5 Å². The van der Waals surface area contributed by atoms with E-state index in [1.54, 1.807) is 18.2 Å². The smallest absolute Gasteiger partial charge is 0.416 e. The molecule has 6 heteroatoms. The van der Waals surface area contributed by atoms with Crippen LogP contribution in [0, 0.1) is 0 Å². The van der Waals surface area contributed by atoms with Gasteiger partial charge in [0, 0.05) is 16.3 Å². The molecule has 0 aliphatic rings. The summed E-state index contributed by atoms with van der Waals surface area (Å²) < 4.78 is 43.0. The van der Waals surface area contributed by atoms with Crippen LogP contribution in [0.3, 0.4) is 0 Å². The highest BCUT2D eigenvalue weighted by Gasteiger charge is 2.30. The second-order valence-corrected chi connectivity index (χ2v) is 4.57. The Kier molecular flexibility index (Phi) is 4.09. The predicted molar refractivity (Wildman–Crippen MR) is 71.6 cm³/mol. The van der Waals surface area contributed by atoms with Crippen LogP contribution in [-0.4, -0.2) is 0 Å². The van der Waals surface area contributed by atoms with E-state index >= 15 is 0 Å². The largest absolute Gasteiger partial charge is 0.489 e. The number of alkyl halides is 3. The van der Waals surface area contributed by atoms with E-state index in [1.807, 2.05) is 0 Å². The molecule has 106 valence electrons. The summed E-state index contributed by atoms with van der Waals surface area (Å²) in [6.07, 6.45) is -4.39. The van der Waals surface area contributed by atoms with Crippen molar-refractivity contribution in [1.29, 1.82) is 0 Å². The minimum Gasteiger partial charge on any atom is -0.489 e. The molecule has 0 heterocycles. The number of hydrogen-bond acceptors (Lipinski definition) is 2. The summed E-state index contributed by atoms with van der Waals surface area (Å²) in [4.78, 5) is 0. The SMILES string of the molecule is Nc1ccc(Cl)c(COc2cccc(C(F)(F)F)c2)c1. The van der Waals surface area contributed by atoms with Crippen LogP contribution >= 0.6 is 11.6 Å². The van der Waals surface area contributed by atoms with Gasteiger partial charge < -0.3 is 10.5 Å². The fourth-order valence-electron chi connectivity index (χ4n) is 1.63. The summed E-state index contributed by atoms with van der Waals surface area (Å²) in [6.45, 7) is 0.0468. The van der Waals surface area contributed by atoms with Gasteiger partial charge in [0.25, 0.3) is 0 Å². The maximum Gasteiger partial charge on any atom is 0.416 e. The van der Waals surface area contributed by atoms with E-state index in [9.17, 15) is 13.2 Å². The van der Waals surface area contributed by atoms with Crippen molar-refractivity contribution in [3.05, 3.63) is 58.6 Å². The highest BCUT2D eigenvalue weighted by Crippen LogP contribution is 2.31. The maximum atomic E-state index is 12.6. The van der Waals surface area contributed by atoms with E-state index in [-0.39, 0.29) is 12.4 Å². The normalized spacial score (nSPS) is 11.4. The van der Waals surface area contributed by atoms with Gasteiger partial charge in [0.05, 0.1) is 5.56 Å². The summed E-state index contributed by atoms with van der Waals surface area (Å²) >= 11 is 5.95. The van der Waals surface area contributed by atoms with Gasteiger partial charge in [0.2, 0.25) is 0 Å². The van der Waals surface area contributed by atoms with Gasteiger partial charge >= 0.3 is 6.18 Å². The first-order valence-electron chi connectivity index (χ1n) is 5.70. The van der Waals surface area contributed by atoms with Gasteiger partial charge in [-0.05, 0) is 36.4 Å². The molecule has 2 rings (SSSR count). The third-order valence-corrected chi connectivity index (χ3v) is 2.99. The van der Waals surface area contributed by atoms with Crippen LogP contribution in [0.5, 0.6) is 5.75 Å². The average molecular weight is 302 g/mol. The number of halogens is 4. The molecule has 2 nitrogen and oxygen atoms in total. The molecule has 0 saturated carbocycles. The number of rotatable bonds is 3. The molecule has 2 N–H and O–H groups in total. The van der Waals surface area contributed by atoms with E-state index in [0.717, 1.165) is 12.1 Å². The molecular weight excluding hydrogens is 291 g/mol. The van der Waals surface area contributed by atoms with Gasteiger partial charge in [-0.15, -0.1) is 0 Å². The van der Waals surface area contributed by atoms with Crippen molar-refractivity contribution in [2.45, 2.75) is 12.8 Å². The number of benzene rings is 2.